The van der Waals surface area contributed by atoms with Crippen molar-refractivity contribution in [1.82, 2.24) is 0 Å². The van der Waals surface area contributed by atoms with Crippen LogP contribution in [0.4, 0.5) is 5.69 Å². The van der Waals surface area contributed by atoms with E-state index in [9.17, 15) is 9.59 Å². The van der Waals surface area contributed by atoms with Crippen molar-refractivity contribution in [3.05, 3.63) is 65.2 Å². The number of benzene rings is 2. The van der Waals surface area contributed by atoms with Crippen molar-refractivity contribution in [3.8, 4) is 0 Å². The molecule has 1 N–H and O–H groups in total. The lowest BCUT2D eigenvalue weighted by atomic mass is 9.98. The molecule has 2 aliphatic rings. The third-order valence-corrected chi connectivity index (χ3v) is 4.12. The Bertz CT molecular complexity index is 779. The third kappa shape index (κ3) is 2.17. The van der Waals surface area contributed by atoms with E-state index < -0.39 is 5.79 Å². The second-order valence-electron chi connectivity index (χ2n) is 5.58. The molecule has 5 nitrogen and oxygen atoms in total. The average Bonchev–Trinajstić information content (AvgIpc) is 2.87. The number of ether oxygens (including phenoxy) is 2. The van der Waals surface area contributed by atoms with E-state index in [1.165, 1.54) is 0 Å². The molecule has 0 atom stereocenters. The Kier molecular flexibility index (Phi) is 3.25. The molecule has 116 valence electrons. The maximum Gasteiger partial charge on any atom is 0.289 e. The van der Waals surface area contributed by atoms with E-state index in [-0.39, 0.29) is 11.7 Å². The number of amides is 1. The minimum absolute atomic E-state index is 0.0984. The van der Waals surface area contributed by atoms with Gasteiger partial charge >= 0.3 is 0 Å². The molecule has 1 saturated heterocycles. The molecule has 0 saturated carbocycles. The number of carbonyl (C=O) groups excluding carboxylic acids is 2. The lowest BCUT2D eigenvalue weighted by Gasteiger charge is -2.31. The summed E-state index contributed by atoms with van der Waals surface area (Å²) in [6.07, 6.45) is 0.743. The van der Waals surface area contributed by atoms with Crippen molar-refractivity contribution in [2.24, 2.45) is 0 Å². The van der Waals surface area contributed by atoms with Crippen LogP contribution >= 0.6 is 0 Å². The molecule has 1 spiro atoms. The van der Waals surface area contributed by atoms with E-state index in [4.69, 9.17) is 9.47 Å². The standard InChI is InChI=1S/C18H15NO4/c20-16(12-5-2-1-3-6-12)13-7-8-15-14(11-13)18(17(21)19-15)22-9-4-10-23-18/h1-3,5-8,11H,4,9-10H2,(H,19,21). The summed E-state index contributed by atoms with van der Waals surface area (Å²) in [5.41, 5.74) is 2.30. The monoisotopic (exact) mass is 309 g/mol. The van der Waals surface area contributed by atoms with E-state index in [1.54, 1.807) is 30.3 Å². The lowest BCUT2D eigenvalue weighted by Crippen LogP contribution is -2.43. The summed E-state index contributed by atoms with van der Waals surface area (Å²) in [6, 6.07) is 14.1. The lowest BCUT2D eigenvalue weighted by molar-refractivity contribution is -0.255. The maximum absolute atomic E-state index is 12.6. The molecule has 2 heterocycles. The SMILES string of the molecule is O=C(c1ccccc1)c1ccc2c(c1)C1(OCCCO1)C(=O)N2. The van der Waals surface area contributed by atoms with Crippen LogP contribution in [0.1, 0.15) is 27.9 Å². The van der Waals surface area contributed by atoms with Crippen LogP contribution < -0.4 is 5.32 Å². The first-order chi connectivity index (χ1) is 11.2. The predicted octanol–water partition coefficient (Wildman–Crippen LogP) is 2.46. The first-order valence-corrected chi connectivity index (χ1v) is 7.54. The Balaban J connectivity index is 1.77. The Labute approximate surface area is 133 Å². The summed E-state index contributed by atoms with van der Waals surface area (Å²) in [4.78, 5) is 24.9. The maximum atomic E-state index is 12.6. The van der Waals surface area contributed by atoms with Crippen molar-refractivity contribution in [1.29, 1.82) is 0 Å². The van der Waals surface area contributed by atoms with E-state index in [0.717, 1.165) is 6.42 Å². The van der Waals surface area contributed by atoms with E-state index in [1.807, 2.05) is 18.2 Å². The number of fused-ring (bicyclic) bond motifs is 2. The summed E-state index contributed by atoms with van der Waals surface area (Å²) in [7, 11) is 0. The van der Waals surface area contributed by atoms with E-state index >= 15 is 0 Å². The van der Waals surface area contributed by atoms with Crippen LogP contribution in [-0.2, 0) is 20.1 Å². The van der Waals surface area contributed by atoms with Gasteiger partial charge in [-0.25, -0.2) is 0 Å². The molecule has 4 rings (SSSR count). The van der Waals surface area contributed by atoms with Gasteiger partial charge in [0, 0.05) is 16.7 Å². The molecule has 1 amide bonds. The molecule has 0 radical (unpaired) electrons. The van der Waals surface area contributed by atoms with Gasteiger partial charge in [-0.2, -0.15) is 0 Å². The van der Waals surface area contributed by atoms with Crippen LogP contribution in [-0.4, -0.2) is 24.9 Å². The zero-order valence-electron chi connectivity index (χ0n) is 12.4. The van der Waals surface area contributed by atoms with E-state index in [2.05, 4.69) is 5.32 Å². The Morgan fingerprint density at radius 3 is 2.48 bits per heavy atom. The highest BCUT2D eigenvalue weighted by Gasteiger charge is 2.51. The first kappa shape index (κ1) is 14.1. The summed E-state index contributed by atoms with van der Waals surface area (Å²) < 4.78 is 11.3. The van der Waals surface area contributed by atoms with Crippen molar-refractivity contribution in [2.45, 2.75) is 12.2 Å². The van der Waals surface area contributed by atoms with Gasteiger partial charge in [-0.3, -0.25) is 9.59 Å². The number of carbonyl (C=O) groups is 2. The molecule has 2 aromatic rings. The van der Waals surface area contributed by atoms with E-state index in [0.29, 0.717) is 35.6 Å². The molecule has 0 aliphatic carbocycles. The minimum Gasteiger partial charge on any atom is -0.338 e. The third-order valence-electron chi connectivity index (χ3n) is 4.12. The van der Waals surface area contributed by atoms with Gasteiger partial charge < -0.3 is 14.8 Å². The minimum atomic E-state index is -1.42. The first-order valence-electron chi connectivity index (χ1n) is 7.54. The molecule has 2 aliphatic heterocycles. The summed E-state index contributed by atoms with van der Waals surface area (Å²) in [5, 5.41) is 2.76. The van der Waals surface area contributed by atoms with Crippen molar-refractivity contribution in [2.75, 3.05) is 18.5 Å². The summed E-state index contributed by atoms with van der Waals surface area (Å²) >= 11 is 0. The summed E-state index contributed by atoms with van der Waals surface area (Å²) in [5.74, 6) is -1.85. The molecule has 0 aromatic heterocycles. The molecular weight excluding hydrogens is 294 g/mol. The molecule has 0 unspecified atom stereocenters. The number of nitrogens with one attached hydrogen (secondary N) is 1. The highest BCUT2D eigenvalue weighted by Crippen LogP contribution is 2.42. The molecule has 1 fully saturated rings. The summed E-state index contributed by atoms with van der Waals surface area (Å²) in [6.45, 7) is 0.896. The van der Waals surface area contributed by atoms with Crippen molar-refractivity contribution in [3.63, 3.8) is 0 Å². The quantitative estimate of drug-likeness (QED) is 0.866. The molecular formula is C18H15NO4. The zero-order chi connectivity index (χ0) is 15.9. The second-order valence-corrected chi connectivity index (χ2v) is 5.58. The number of rotatable bonds is 2. The van der Waals surface area contributed by atoms with Gasteiger partial charge in [0.1, 0.15) is 0 Å². The molecule has 5 heteroatoms. The predicted molar refractivity (Wildman–Crippen MR) is 83.1 cm³/mol. The Hall–Kier alpha value is -2.50. The number of hydrogen-bond donors (Lipinski definition) is 1. The largest absolute Gasteiger partial charge is 0.338 e. The van der Waals surface area contributed by atoms with Gasteiger partial charge in [0.2, 0.25) is 0 Å². The van der Waals surface area contributed by atoms with Gasteiger partial charge in [-0.05, 0) is 24.6 Å². The van der Waals surface area contributed by atoms with Gasteiger partial charge in [-0.15, -0.1) is 0 Å². The molecule has 2 aromatic carbocycles. The van der Waals surface area contributed by atoms with Crippen LogP contribution in [0.15, 0.2) is 48.5 Å². The number of ketones is 1. The van der Waals surface area contributed by atoms with Gasteiger partial charge in [-0.1, -0.05) is 30.3 Å². The highest BCUT2D eigenvalue weighted by atomic mass is 16.7. The van der Waals surface area contributed by atoms with Crippen LogP contribution in [0.3, 0.4) is 0 Å². The fourth-order valence-electron chi connectivity index (χ4n) is 2.97. The van der Waals surface area contributed by atoms with Crippen LogP contribution in [0.25, 0.3) is 0 Å². The highest BCUT2D eigenvalue weighted by molar-refractivity contribution is 6.11. The fraction of sp³-hybridized carbons (Fsp3) is 0.222. The van der Waals surface area contributed by atoms with Gasteiger partial charge in [0.15, 0.2) is 5.78 Å². The zero-order valence-corrected chi connectivity index (χ0v) is 12.4. The van der Waals surface area contributed by atoms with Crippen molar-refractivity contribution < 1.29 is 19.1 Å². The molecule has 0 bridgehead atoms. The number of hydrogen-bond acceptors (Lipinski definition) is 4. The normalized spacial score (nSPS) is 18.5. The number of anilines is 1. The topological polar surface area (TPSA) is 64.6 Å². The Morgan fingerprint density at radius 2 is 1.74 bits per heavy atom. The van der Waals surface area contributed by atoms with Crippen LogP contribution in [0.2, 0.25) is 0 Å². The fourth-order valence-corrected chi connectivity index (χ4v) is 2.97. The smallest absolute Gasteiger partial charge is 0.289 e. The van der Waals surface area contributed by atoms with Gasteiger partial charge in [0.05, 0.1) is 18.9 Å². The average molecular weight is 309 g/mol. The van der Waals surface area contributed by atoms with Crippen LogP contribution in [0.5, 0.6) is 0 Å². The van der Waals surface area contributed by atoms with Crippen LogP contribution in [0, 0.1) is 0 Å². The second kappa shape index (κ2) is 5.30. The molecule has 23 heavy (non-hydrogen) atoms. The Morgan fingerprint density at radius 1 is 1.00 bits per heavy atom. The van der Waals surface area contributed by atoms with Crippen molar-refractivity contribution >= 4 is 17.4 Å². The van der Waals surface area contributed by atoms with Gasteiger partial charge in [0.25, 0.3) is 11.7 Å².